The molecule has 0 radical (unpaired) electrons. The van der Waals surface area contributed by atoms with Gasteiger partial charge in [-0.05, 0) is 68.4 Å². The van der Waals surface area contributed by atoms with E-state index in [9.17, 15) is 4.39 Å². The van der Waals surface area contributed by atoms with Crippen LogP contribution in [0.3, 0.4) is 0 Å². The molecule has 3 fully saturated rings. The second-order valence-corrected chi connectivity index (χ2v) is 10.0. The molecule has 0 bridgehead atoms. The second kappa shape index (κ2) is 9.79. The molecule has 1 saturated carbocycles. The fourth-order valence-corrected chi connectivity index (χ4v) is 5.68. The molecule has 2 aliphatic heterocycles. The zero-order chi connectivity index (χ0) is 22.7. The minimum atomic E-state index is -0.194. The number of rotatable bonds is 6. The topological polar surface area (TPSA) is 56.3 Å². The molecule has 1 aromatic heterocycles. The molecule has 1 aromatic carbocycles. The van der Waals surface area contributed by atoms with Crippen LogP contribution in [0.2, 0.25) is 0 Å². The summed E-state index contributed by atoms with van der Waals surface area (Å²) < 4.78 is 13.5. The van der Waals surface area contributed by atoms with Crippen LogP contribution in [0, 0.1) is 5.82 Å². The Morgan fingerprint density at radius 1 is 0.879 bits per heavy atom. The van der Waals surface area contributed by atoms with Gasteiger partial charge < -0.3 is 20.4 Å². The number of nitrogens with one attached hydrogen (secondary N) is 2. The molecule has 176 valence electrons. The molecule has 0 atom stereocenters. The van der Waals surface area contributed by atoms with Gasteiger partial charge in [0.15, 0.2) is 5.11 Å². The van der Waals surface area contributed by atoms with Crippen LogP contribution in [0.1, 0.15) is 56.9 Å². The van der Waals surface area contributed by atoms with Crippen LogP contribution >= 0.6 is 12.2 Å². The summed E-state index contributed by atoms with van der Waals surface area (Å²) in [5.74, 6) is 2.32. The molecule has 1 aliphatic carbocycles. The molecule has 6 nitrogen and oxygen atoms in total. The highest BCUT2D eigenvalue weighted by Crippen LogP contribution is 2.40. The lowest BCUT2D eigenvalue weighted by Gasteiger charge is -2.30. The smallest absolute Gasteiger partial charge is 0.232 e. The third-order valence-corrected chi connectivity index (χ3v) is 7.64. The number of hydrogen-bond acceptors (Lipinski definition) is 5. The highest BCUT2D eigenvalue weighted by Gasteiger charge is 2.35. The van der Waals surface area contributed by atoms with Crippen molar-refractivity contribution in [3.8, 4) is 0 Å². The lowest BCUT2D eigenvalue weighted by atomic mass is 9.79. The molecule has 0 amide bonds. The van der Waals surface area contributed by atoms with E-state index < -0.39 is 0 Å². The second-order valence-electron chi connectivity index (χ2n) is 9.60. The first-order valence-electron chi connectivity index (χ1n) is 12.3. The van der Waals surface area contributed by atoms with E-state index in [0.717, 1.165) is 57.2 Å². The highest BCUT2D eigenvalue weighted by molar-refractivity contribution is 7.80. The Morgan fingerprint density at radius 2 is 1.42 bits per heavy atom. The zero-order valence-corrected chi connectivity index (χ0v) is 20.0. The molecule has 3 heterocycles. The van der Waals surface area contributed by atoms with Gasteiger partial charge in [0.2, 0.25) is 5.95 Å². The number of anilines is 3. The van der Waals surface area contributed by atoms with E-state index in [1.165, 1.54) is 44.1 Å². The molecule has 5 rings (SSSR count). The summed E-state index contributed by atoms with van der Waals surface area (Å²) in [5.41, 5.74) is 1.17. The van der Waals surface area contributed by atoms with E-state index >= 15 is 0 Å². The Morgan fingerprint density at radius 3 is 1.97 bits per heavy atom. The Kier molecular flexibility index (Phi) is 6.62. The summed E-state index contributed by atoms with van der Waals surface area (Å²) in [6.45, 7) is 4.88. The van der Waals surface area contributed by atoms with E-state index in [4.69, 9.17) is 22.2 Å². The van der Waals surface area contributed by atoms with Crippen molar-refractivity contribution >= 4 is 34.9 Å². The summed E-state index contributed by atoms with van der Waals surface area (Å²) in [6, 6.07) is 9.08. The van der Waals surface area contributed by atoms with Gasteiger partial charge in [-0.3, -0.25) is 0 Å². The van der Waals surface area contributed by atoms with Crippen molar-refractivity contribution in [3.63, 3.8) is 0 Å². The maximum absolute atomic E-state index is 13.5. The van der Waals surface area contributed by atoms with Crippen LogP contribution in [0.15, 0.2) is 30.3 Å². The van der Waals surface area contributed by atoms with Gasteiger partial charge in [0, 0.05) is 44.2 Å². The quantitative estimate of drug-likeness (QED) is 0.600. The summed E-state index contributed by atoms with van der Waals surface area (Å²) in [5, 5.41) is 7.22. The Balaban J connectivity index is 1.30. The summed E-state index contributed by atoms with van der Waals surface area (Å²) >= 11 is 5.66. The van der Waals surface area contributed by atoms with Gasteiger partial charge >= 0.3 is 0 Å². The molecule has 2 N–H and O–H groups in total. The van der Waals surface area contributed by atoms with E-state index in [2.05, 4.69) is 26.5 Å². The molecule has 2 saturated heterocycles. The van der Waals surface area contributed by atoms with Gasteiger partial charge in [0.1, 0.15) is 17.5 Å². The first-order valence-corrected chi connectivity index (χ1v) is 12.7. The highest BCUT2D eigenvalue weighted by atomic mass is 32.1. The average molecular weight is 469 g/mol. The number of hydrogen-bond donors (Lipinski definition) is 2. The largest absolute Gasteiger partial charge is 0.361 e. The maximum atomic E-state index is 13.5. The van der Waals surface area contributed by atoms with Crippen LogP contribution in [0.25, 0.3) is 0 Å². The predicted octanol–water partition coefficient (Wildman–Crippen LogP) is 4.61. The van der Waals surface area contributed by atoms with Crippen molar-refractivity contribution in [1.29, 1.82) is 0 Å². The van der Waals surface area contributed by atoms with E-state index in [-0.39, 0.29) is 11.2 Å². The van der Waals surface area contributed by atoms with Gasteiger partial charge in [-0.25, -0.2) is 4.39 Å². The summed E-state index contributed by atoms with van der Waals surface area (Å²) in [7, 11) is 0. The Bertz CT molecular complexity index is 929. The minimum absolute atomic E-state index is 0.0155. The third-order valence-electron chi connectivity index (χ3n) is 7.39. The lowest BCUT2D eigenvalue weighted by Crippen LogP contribution is -2.41. The third kappa shape index (κ3) is 5.05. The van der Waals surface area contributed by atoms with E-state index in [0.29, 0.717) is 11.1 Å². The zero-order valence-electron chi connectivity index (χ0n) is 19.2. The van der Waals surface area contributed by atoms with E-state index in [1.807, 2.05) is 12.1 Å². The molecule has 33 heavy (non-hydrogen) atoms. The number of benzene rings is 1. The summed E-state index contributed by atoms with van der Waals surface area (Å²) in [6.07, 6.45) is 9.34. The standard InChI is InChI=1S/C25H33FN6S/c26-20-9-7-19(8-10-20)25(11-1-2-12-25)18-27-24(33)30-23-28-21(31-13-3-4-14-31)17-22(29-23)32-15-5-6-16-32/h7-10,17H,1-6,11-16,18H2,(H2,27,28,29,30,33). The fraction of sp³-hybridized carbons (Fsp3) is 0.560. The van der Waals surface area contributed by atoms with Crippen molar-refractivity contribution in [1.82, 2.24) is 15.3 Å². The van der Waals surface area contributed by atoms with E-state index in [1.54, 1.807) is 12.1 Å². The van der Waals surface area contributed by atoms with Crippen LogP contribution in [0.4, 0.5) is 22.0 Å². The SMILES string of the molecule is Fc1ccc(C2(CNC(=S)Nc3nc(N4CCCC4)cc(N4CCCC4)n3)CCCC2)cc1. The van der Waals surface area contributed by atoms with Gasteiger partial charge in [-0.1, -0.05) is 25.0 Å². The van der Waals surface area contributed by atoms with Gasteiger partial charge in [0.05, 0.1) is 0 Å². The number of thiocarbonyl (C=S) groups is 1. The number of nitrogens with zero attached hydrogens (tertiary/aromatic N) is 4. The van der Waals surface area contributed by atoms with Crippen LogP contribution in [0.5, 0.6) is 0 Å². The van der Waals surface area contributed by atoms with Gasteiger partial charge in [-0.2, -0.15) is 9.97 Å². The Labute approximate surface area is 201 Å². The molecular weight excluding hydrogens is 435 g/mol. The van der Waals surface area contributed by atoms with Crippen LogP contribution in [-0.2, 0) is 5.41 Å². The van der Waals surface area contributed by atoms with Gasteiger partial charge in [0.25, 0.3) is 0 Å². The van der Waals surface area contributed by atoms with Crippen molar-refractivity contribution in [2.24, 2.45) is 0 Å². The number of aromatic nitrogens is 2. The molecule has 8 heteroatoms. The monoisotopic (exact) mass is 468 g/mol. The molecular formula is C25H33FN6S. The first-order chi connectivity index (χ1) is 16.1. The normalized spacial score (nSPS) is 19.8. The average Bonchev–Trinajstić information content (AvgIpc) is 3.61. The number of halogens is 1. The van der Waals surface area contributed by atoms with Crippen LogP contribution in [-0.4, -0.2) is 47.8 Å². The molecule has 3 aliphatic rings. The Hall–Kier alpha value is -2.48. The molecule has 0 spiro atoms. The summed E-state index contributed by atoms with van der Waals surface area (Å²) in [4.78, 5) is 14.3. The maximum Gasteiger partial charge on any atom is 0.232 e. The molecule has 2 aromatic rings. The van der Waals surface area contributed by atoms with Gasteiger partial charge in [-0.15, -0.1) is 0 Å². The predicted molar refractivity (Wildman–Crippen MR) is 136 cm³/mol. The van der Waals surface area contributed by atoms with Crippen molar-refractivity contribution in [2.75, 3.05) is 47.8 Å². The van der Waals surface area contributed by atoms with Crippen molar-refractivity contribution in [3.05, 3.63) is 41.7 Å². The minimum Gasteiger partial charge on any atom is -0.361 e. The fourth-order valence-electron chi connectivity index (χ4n) is 5.51. The molecule has 0 unspecified atom stereocenters. The van der Waals surface area contributed by atoms with Crippen LogP contribution < -0.4 is 20.4 Å². The lowest BCUT2D eigenvalue weighted by molar-refractivity contribution is 0.434. The first kappa shape index (κ1) is 22.3. The van der Waals surface area contributed by atoms with Crippen molar-refractivity contribution < 1.29 is 4.39 Å². The van der Waals surface area contributed by atoms with Crippen molar-refractivity contribution in [2.45, 2.75) is 56.8 Å².